The van der Waals surface area contributed by atoms with Crippen molar-refractivity contribution in [3.8, 4) is 17.3 Å². The molecule has 5 heterocycles. The molecule has 0 amide bonds. The first kappa shape index (κ1) is 26.0. The lowest BCUT2D eigenvalue weighted by molar-refractivity contribution is 0.0734. The molecule has 0 spiro atoms. The van der Waals surface area contributed by atoms with Gasteiger partial charge < -0.3 is 9.84 Å². The van der Waals surface area contributed by atoms with Crippen molar-refractivity contribution in [1.29, 1.82) is 0 Å². The van der Waals surface area contributed by atoms with Crippen molar-refractivity contribution in [2.45, 2.75) is 58.2 Å². The monoisotopic (exact) mass is 541 g/mol. The third-order valence-electron chi connectivity index (χ3n) is 6.46. The number of hydrogen-bond donors (Lipinski definition) is 1. The van der Waals surface area contributed by atoms with E-state index >= 15 is 0 Å². The minimum Gasteiger partial charge on any atom is -0.485 e. The van der Waals surface area contributed by atoms with Crippen LogP contribution in [-0.2, 0) is 25.0 Å². The molecule has 0 aromatic carbocycles. The average Bonchev–Trinajstić information content (AvgIpc) is 3.39. The minimum atomic E-state index is -1.12. The molecule has 4 aromatic rings. The van der Waals surface area contributed by atoms with Gasteiger partial charge in [-0.1, -0.05) is 18.0 Å². The van der Waals surface area contributed by atoms with Gasteiger partial charge in [0.15, 0.2) is 11.6 Å². The van der Waals surface area contributed by atoms with Crippen LogP contribution in [0, 0.1) is 11.6 Å². The summed E-state index contributed by atoms with van der Waals surface area (Å²) in [4.78, 5) is 21.9. The standard InChI is InChI=1S/C27H26ClF2N5O3/c1-27(2,37)23-8-9-34(33-23)24-12-21-16(13-32-24)6-4-3-5-7-18-11-22(25(28)26(36)35(18)21)38-15-20-19(30)10-17(29)14-31-20/h8-14,37H,3-7,15H2,1-2H3. The van der Waals surface area contributed by atoms with Gasteiger partial charge in [0.25, 0.3) is 5.56 Å². The SMILES string of the molecule is CC(C)(O)c1ccn(-c2cc3c(cn2)CCCCCc2cc(OCc4ncc(F)cc4F)c(Cl)c(=O)n2-3)n1. The summed E-state index contributed by atoms with van der Waals surface area (Å²) in [7, 11) is 0. The third kappa shape index (κ3) is 5.19. The van der Waals surface area contributed by atoms with Crippen molar-refractivity contribution in [2.75, 3.05) is 0 Å². The van der Waals surface area contributed by atoms with Crippen LogP contribution in [0.3, 0.4) is 0 Å². The van der Waals surface area contributed by atoms with Crippen LogP contribution < -0.4 is 10.3 Å². The zero-order valence-electron chi connectivity index (χ0n) is 20.9. The van der Waals surface area contributed by atoms with E-state index in [0.29, 0.717) is 29.3 Å². The molecule has 8 nitrogen and oxygen atoms in total. The Labute approximate surface area is 222 Å². The Bertz CT molecular complexity index is 1560. The smallest absolute Gasteiger partial charge is 0.277 e. The van der Waals surface area contributed by atoms with Crippen LogP contribution in [0.5, 0.6) is 5.75 Å². The fourth-order valence-electron chi connectivity index (χ4n) is 4.43. The summed E-state index contributed by atoms with van der Waals surface area (Å²) in [6.07, 6.45) is 8.38. The number of ether oxygens (including phenoxy) is 1. The number of aryl methyl sites for hydroxylation is 2. The molecule has 0 fully saturated rings. The Hall–Kier alpha value is -3.63. The van der Waals surface area contributed by atoms with E-state index in [0.717, 1.165) is 43.5 Å². The van der Waals surface area contributed by atoms with Gasteiger partial charge in [-0.05, 0) is 51.2 Å². The predicted molar refractivity (Wildman–Crippen MR) is 137 cm³/mol. The quantitative estimate of drug-likeness (QED) is 0.389. The van der Waals surface area contributed by atoms with Crippen molar-refractivity contribution in [1.82, 2.24) is 24.3 Å². The van der Waals surface area contributed by atoms with Crippen molar-refractivity contribution in [2.24, 2.45) is 0 Å². The van der Waals surface area contributed by atoms with Crippen molar-refractivity contribution in [3.63, 3.8) is 0 Å². The van der Waals surface area contributed by atoms with E-state index in [9.17, 15) is 18.7 Å². The first-order chi connectivity index (χ1) is 18.1. The molecule has 1 aliphatic rings. The molecular weight excluding hydrogens is 516 g/mol. The second-order valence-electron chi connectivity index (χ2n) is 9.76. The highest BCUT2D eigenvalue weighted by Crippen LogP contribution is 2.29. The summed E-state index contributed by atoms with van der Waals surface area (Å²) >= 11 is 6.48. The number of aromatic nitrogens is 5. The number of rotatable bonds is 5. The summed E-state index contributed by atoms with van der Waals surface area (Å²) < 4.78 is 36.1. The van der Waals surface area contributed by atoms with Gasteiger partial charge in [-0.25, -0.2) is 18.4 Å². The largest absolute Gasteiger partial charge is 0.485 e. The van der Waals surface area contributed by atoms with E-state index < -0.39 is 22.8 Å². The number of nitrogens with zero attached hydrogens (tertiary/aromatic N) is 5. The van der Waals surface area contributed by atoms with Crippen molar-refractivity contribution < 1.29 is 18.6 Å². The molecule has 4 aromatic heterocycles. The van der Waals surface area contributed by atoms with E-state index in [-0.39, 0.29) is 23.1 Å². The van der Waals surface area contributed by atoms with Gasteiger partial charge in [0.05, 0.1) is 17.6 Å². The lowest BCUT2D eigenvalue weighted by Gasteiger charge is -2.19. The van der Waals surface area contributed by atoms with Crippen LogP contribution >= 0.6 is 11.6 Å². The zero-order chi connectivity index (χ0) is 27.0. The van der Waals surface area contributed by atoms with Gasteiger partial charge in [-0.3, -0.25) is 14.3 Å². The number of halogens is 3. The van der Waals surface area contributed by atoms with Gasteiger partial charge in [-0.2, -0.15) is 5.10 Å². The number of fused-ring (bicyclic) bond motifs is 3. The van der Waals surface area contributed by atoms with Crippen LogP contribution in [0.15, 0.2) is 47.7 Å². The first-order valence-electron chi connectivity index (χ1n) is 12.3. The van der Waals surface area contributed by atoms with Crippen LogP contribution in [0.1, 0.15) is 55.8 Å². The molecular formula is C27H26ClF2N5O3. The average molecular weight is 542 g/mol. The molecule has 5 rings (SSSR count). The fourth-order valence-corrected chi connectivity index (χ4v) is 4.62. The van der Waals surface area contributed by atoms with Crippen molar-refractivity contribution >= 4 is 11.6 Å². The molecule has 0 aliphatic carbocycles. The Morgan fingerprint density at radius 1 is 1.11 bits per heavy atom. The van der Waals surface area contributed by atoms with Crippen LogP contribution in [0.2, 0.25) is 5.02 Å². The maximum absolute atomic E-state index is 14.1. The molecule has 198 valence electrons. The molecule has 38 heavy (non-hydrogen) atoms. The van der Waals surface area contributed by atoms with Gasteiger partial charge in [0.1, 0.15) is 34.5 Å². The topological polar surface area (TPSA) is 95.1 Å². The molecule has 0 bridgehead atoms. The maximum Gasteiger partial charge on any atom is 0.277 e. The molecule has 0 saturated carbocycles. The van der Waals surface area contributed by atoms with Crippen LogP contribution in [0.4, 0.5) is 8.78 Å². The Kier molecular flexibility index (Phi) is 7.02. The Morgan fingerprint density at radius 2 is 1.89 bits per heavy atom. The van der Waals surface area contributed by atoms with E-state index in [1.165, 1.54) is 0 Å². The first-order valence-corrected chi connectivity index (χ1v) is 12.6. The highest BCUT2D eigenvalue weighted by molar-refractivity contribution is 6.31. The maximum atomic E-state index is 14.1. The molecule has 1 N–H and O–H groups in total. The number of aliphatic hydroxyl groups is 1. The van der Waals surface area contributed by atoms with Gasteiger partial charge in [-0.15, -0.1) is 0 Å². The Morgan fingerprint density at radius 3 is 2.63 bits per heavy atom. The van der Waals surface area contributed by atoms with Crippen LogP contribution in [0.25, 0.3) is 11.5 Å². The zero-order valence-corrected chi connectivity index (χ0v) is 21.7. The van der Waals surface area contributed by atoms with E-state index in [1.807, 2.05) is 0 Å². The number of hydrogen-bond acceptors (Lipinski definition) is 6. The Balaban J connectivity index is 1.57. The number of pyridine rings is 3. The van der Waals surface area contributed by atoms with Crippen LogP contribution in [-0.4, -0.2) is 29.4 Å². The second kappa shape index (κ2) is 10.3. The lowest BCUT2D eigenvalue weighted by atomic mass is 10.1. The summed E-state index contributed by atoms with van der Waals surface area (Å²) in [5, 5.41) is 14.6. The van der Waals surface area contributed by atoms with E-state index in [1.54, 1.807) is 53.7 Å². The van der Waals surface area contributed by atoms with E-state index in [4.69, 9.17) is 16.3 Å². The highest BCUT2D eigenvalue weighted by Gasteiger charge is 2.22. The summed E-state index contributed by atoms with van der Waals surface area (Å²) in [6.45, 7) is 2.98. The van der Waals surface area contributed by atoms with Gasteiger partial charge in [0.2, 0.25) is 0 Å². The molecule has 0 unspecified atom stereocenters. The van der Waals surface area contributed by atoms with Gasteiger partial charge in [0, 0.05) is 36.3 Å². The molecule has 0 atom stereocenters. The van der Waals surface area contributed by atoms with E-state index in [2.05, 4.69) is 15.1 Å². The van der Waals surface area contributed by atoms with Gasteiger partial charge >= 0.3 is 0 Å². The third-order valence-corrected chi connectivity index (χ3v) is 6.81. The summed E-state index contributed by atoms with van der Waals surface area (Å²) in [5.74, 6) is -1.06. The normalized spacial score (nSPS) is 13.7. The minimum absolute atomic E-state index is 0.100. The predicted octanol–water partition coefficient (Wildman–Crippen LogP) is 4.82. The fraction of sp³-hybridized carbons (Fsp3) is 0.333. The molecule has 1 aliphatic heterocycles. The molecule has 11 heteroatoms. The van der Waals surface area contributed by atoms with Crippen molar-refractivity contribution in [3.05, 3.63) is 92.5 Å². The summed E-state index contributed by atoms with van der Waals surface area (Å²) in [5.41, 5.74) is 0.985. The second-order valence-corrected chi connectivity index (χ2v) is 10.1. The summed E-state index contributed by atoms with van der Waals surface area (Å²) in [6, 6.07) is 5.89. The highest BCUT2D eigenvalue weighted by atomic mass is 35.5. The molecule has 0 saturated heterocycles. The molecule has 0 radical (unpaired) electrons. The lowest BCUT2D eigenvalue weighted by Crippen LogP contribution is -2.24.